The Morgan fingerprint density at radius 3 is 0.957 bits per heavy atom. The molecule has 0 aliphatic carbocycles. The summed E-state index contributed by atoms with van der Waals surface area (Å²) in [5.74, 6) is -0.932. The first-order valence-electron chi connectivity index (χ1n) is 30.3. The van der Waals surface area contributed by atoms with Gasteiger partial charge in [0.2, 0.25) is 0 Å². The third-order valence-electron chi connectivity index (χ3n) is 13.3. The Kier molecular flexibility index (Phi) is 56.3. The summed E-state index contributed by atoms with van der Waals surface area (Å²) in [6.45, 7) is 6.48. The quantitative estimate of drug-likeness (QED) is 0.0261. The molecule has 0 aliphatic rings. The zero-order valence-electron chi connectivity index (χ0n) is 46.5. The van der Waals surface area contributed by atoms with Gasteiger partial charge in [0.1, 0.15) is 13.2 Å². The number of hydrogen-bond donors (Lipinski definition) is 0. The summed E-state index contributed by atoms with van der Waals surface area (Å²) in [4.78, 5) is 38.1. The van der Waals surface area contributed by atoms with E-state index < -0.39 is 6.10 Å². The minimum atomic E-state index is -0.797. The van der Waals surface area contributed by atoms with Crippen molar-refractivity contribution in [3.8, 4) is 0 Å². The van der Waals surface area contributed by atoms with Crippen LogP contribution in [0, 0.1) is 0 Å². The van der Waals surface area contributed by atoms with Gasteiger partial charge in [-0.15, -0.1) is 0 Å². The van der Waals surface area contributed by atoms with E-state index in [-0.39, 0.29) is 37.5 Å². The average molecular weight is 980 g/mol. The number of unbranched alkanes of at least 4 members (excludes halogenated alkanes) is 34. The number of rotatable bonds is 55. The highest BCUT2D eigenvalue weighted by atomic mass is 16.6. The topological polar surface area (TPSA) is 78.9 Å². The number of ether oxygens (including phenoxy) is 3. The Bertz CT molecular complexity index is 1260. The molecule has 0 heterocycles. The Morgan fingerprint density at radius 2 is 0.571 bits per heavy atom. The van der Waals surface area contributed by atoms with Crippen molar-refractivity contribution in [1.82, 2.24) is 0 Å². The Hall–Kier alpha value is -2.89. The summed E-state index contributed by atoms with van der Waals surface area (Å²) in [5.41, 5.74) is 0. The molecule has 1 unspecified atom stereocenters. The Morgan fingerprint density at radius 1 is 0.300 bits per heavy atom. The van der Waals surface area contributed by atoms with E-state index in [0.29, 0.717) is 19.3 Å². The van der Waals surface area contributed by atoms with Crippen molar-refractivity contribution in [3.05, 3.63) is 60.8 Å². The van der Waals surface area contributed by atoms with Crippen molar-refractivity contribution in [3.63, 3.8) is 0 Å². The molecule has 0 spiro atoms. The van der Waals surface area contributed by atoms with Crippen molar-refractivity contribution in [2.24, 2.45) is 0 Å². The van der Waals surface area contributed by atoms with Crippen LogP contribution in [0.2, 0.25) is 0 Å². The lowest BCUT2D eigenvalue weighted by atomic mass is 10.0. The highest BCUT2D eigenvalue weighted by molar-refractivity contribution is 5.71. The molecule has 0 radical (unpaired) electrons. The van der Waals surface area contributed by atoms with Gasteiger partial charge in [-0.3, -0.25) is 14.4 Å². The highest BCUT2D eigenvalue weighted by Gasteiger charge is 2.19. The Balaban J connectivity index is 4.22. The third-order valence-corrected chi connectivity index (χ3v) is 13.3. The second-order valence-corrected chi connectivity index (χ2v) is 20.2. The molecule has 0 fully saturated rings. The second kappa shape index (κ2) is 58.7. The predicted molar refractivity (Wildman–Crippen MR) is 302 cm³/mol. The van der Waals surface area contributed by atoms with Gasteiger partial charge in [-0.05, 0) is 77.0 Å². The van der Waals surface area contributed by atoms with Crippen LogP contribution in [0.5, 0.6) is 0 Å². The van der Waals surface area contributed by atoms with Crippen LogP contribution in [0.3, 0.4) is 0 Å². The lowest BCUT2D eigenvalue weighted by Gasteiger charge is -2.18. The summed E-state index contributed by atoms with van der Waals surface area (Å²) >= 11 is 0. The fourth-order valence-electron chi connectivity index (χ4n) is 8.71. The lowest BCUT2D eigenvalue weighted by molar-refractivity contribution is -0.167. The van der Waals surface area contributed by atoms with E-state index >= 15 is 0 Å². The number of allylic oxidation sites excluding steroid dienone is 10. The molecule has 406 valence electrons. The monoisotopic (exact) mass is 979 g/mol. The van der Waals surface area contributed by atoms with Gasteiger partial charge in [0.05, 0.1) is 0 Å². The van der Waals surface area contributed by atoms with E-state index in [0.717, 1.165) is 83.5 Å². The maximum absolute atomic E-state index is 12.8. The minimum absolute atomic E-state index is 0.0911. The molecular formula is C64H114O6. The van der Waals surface area contributed by atoms with Crippen LogP contribution in [-0.4, -0.2) is 37.2 Å². The van der Waals surface area contributed by atoms with E-state index in [1.165, 1.54) is 180 Å². The predicted octanol–water partition coefficient (Wildman–Crippen LogP) is 20.4. The van der Waals surface area contributed by atoms with Crippen LogP contribution in [0.15, 0.2) is 60.8 Å². The summed E-state index contributed by atoms with van der Waals surface area (Å²) in [5, 5.41) is 0. The van der Waals surface area contributed by atoms with E-state index in [9.17, 15) is 14.4 Å². The maximum atomic E-state index is 12.8. The molecule has 0 aromatic rings. The molecule has 0 aromatic carbocycles. The zero-order valence-corrected chi connectivity index (χ0v) is 46.5. The molecule has 0 amide bonds. The molecule has 1 atom stereocenters. The van der Waals surface area contributed by atoms with Crippen molar-refractivity contribution in [2.45, 2.75) is 316 Å². The first-order chi connectivity index (χ1) is 34.5. The fraction of sp³-hybridized carbons (Fsp3) is 0.797. The van der Waals surface area contributed by atoms with Gasteiger partial charge >= 0.3 is 17.9 Å². The van der Waals surface area contributed by atoms with Crippen LogP contribution in [0.25, 0.3) is 0 Å². The molecule has 0 aromatic heterocycles. The molecule has 0 saturated carbocycles. The number of carbonyl (C=O) groups excluding carboxylic acids is 3. The summed E-state index contributed by atoms with van der Waals surface area (Å²) < 4.78 is 16.8. The van der Waals surface area contributed by atoms with Gasteiger partial charge < -0.3 is 14.2 Å². The number of carbonyl (C=O) groups is 3. The zero-order chi connectivity index (χ0) is 50.7. The molecule has 6 heteroatoms. The summed E-state index contributed by atoms with van der Waals surface area (Å²) in [7, 11) is 0. The van der Waals surface area contributed by atoms with Gasteiger partial charge in [0.25, 0.3) is 0 Å². The average Bonchev–Trinajstić information content (AvgIpc) is 3.36. The van der Waals surface area contributed by atoms with E-state index in [2.05, 4.69) is 81.5 Å². The van der Waals surface area contributed by atoms with Crippen LogP contribution < -0.4 is 0 Å². The van der Waals surface area contributed by atoms with Crippen molar-refractivity contribution in [2.75, 3.05) is 13.2 Å². The maximum Gasteiger partial charge on any atom is 0.306 e. The van der Waals surface area contributed by atoms with E-state index in [4.69, 9.17) is 14.2 Å². The molecule has 70 heavy (non-hydrogen) atoms. The molecule has 0 bridgehead atoms. The SMILES string of the molecule is CC/C=C\C/C=C\C/C=C\C/C=C\CCCCC(=O)OC(COC(=O)CCCCCCC/C=C\CCCC)COC(=O)CCCCCCCCCCCCCCCCCCCCCCCCCCCC. The van der Waals surface area contributed by atoms with Gasteiger partial charge in [-0.2, -0.15) is 0 Å². The molecular weight excluding hydrogens is 865 g/mol. The van der Waals surface area contributed by atoms with Crippen molar-refractivity contribution < 1.29 is 28.6 Å². The lowest BCUT2D eigenvalue weighted by Crippen LogP contribution is -2.30. The third kappa shape index (κ3) is 56.0. The first kappa shape index (κ1) is 67.1. The van der Waals surface area contributed by atoms with Crippen LogP contribution in [0.1, 0.15) is 310 Å². The standard InChI is InChI=1S/C64H114O6/c1-4-7-10-13-16-19-22-24-26-27-28-29-30-31-32-33-34-35-36-38-39-42-45-48-51-54-57-63(66)69-60-61(59-68-62(65)56-53-50-47-44-41-21-18-15-12-9-6-3)70-64(67)58-55-52-49-46-43-40-37-25-23-20-17-14-11-8-5-2/h8,11,15,17-18,20,25,37,43,46,61H,4-7,9-10,12-14,16,19,21-24,26-36,38-42,44-45,47-60H2,1-3H3/b11-8-,18-15-,20-17-,37-25-,46-43-. The molecule has 0 rings (SSSR count). The molecule has 0 saturated heterocycles. The first-order valence-corrected chi connectivity index (χ1v) is 30.3. The number of esters is 3. The van der Waals surface area contributed by atoms with Gasteiger partial charge in [-0.1, -0.05) is 274 Å². The number of hydrogen-bond acceptors (Lipinski definition) is 6. The molecule has 0 N–H and O–H groups in total. The van der Waals surface area contributed by atoms with Crippen LogP contribution in [-0.2, 0) is 28.6 Å². The van der Waals surface area contributed by atoms with Crippen molar-refractivity contribution >= 4 is 17.9 Å². The van der Waals surface area contributed by atoms with E-state index in [1.807, 2.05) is 0 Å². The smallest absolute Gasteiger partial charge is 0.306 e. The van der Waals surface area contributed by atoms with Crippen LogP contribution in [0.4, 0.5) is 0 Å². The highest BCUT2D eigenvalue weighted by Crippen LogP contribution is 2.17. The second-order valence-electron chi connectivity index (χ2n) is 20.2. The van der Waals surface area contributed by atoms with Gasteiger partial charge in [0.15, 0.2) is 6.10 Å². The van der Waals surface area contributed by atoms with Gasteiger partial charge in [-0.25, -0.2) is 0 Å². The van der Waals surface area contributed by atoms with E-state index in [1.54, 1.807) is 0 Å². The minimum Gasteiger partial charge on any atom is -0.462 e. The van der Waals surface area contributed by atoms with Crippen molar-refractivity contribution in [1.29, 1.82) is 0 Å². The summed E-state index contributed by atoms with van der Waals surface area (Å²) in [6, 6.07) is 0. The molecule has 6 nitrogen and oxygen atoms in total. The van der Waals surface area contributed by atoms with Crippen LogP contribution >= 0.6 is 0 Å². The normalized spacial score (nSPS) is 12.4. The largest absolute Gasteiger partial charge is 0.462 e. The van der Waals surface area contributed by atoms with Gasteiger partial charge in [0, 0.05) is 19.3 Å². The Labute approximate surface area is 434 Å². The summed E-state index contributed by atoms with van der Waals surface area (Å²) in [6.07, 6.45) is 73.9. The molecule has 0 aliphatic heterocycles. The fourth-order valence-corrected chi connectivity index (χ4v) is 8.71.